The summed E-state index contributed by atoms with van der Waals surface area (Å²) >= 11 is 5.77. The van der Waals surface area contributed by atoms with Crippen LogP contribution in [-0.2, 0) is 9.59 Å². The minimum atomic E-state index is -0.214. The summed E-state index contributed by atoms with van der Waals surface area (Å²) in [5.41, 5.74) is 0. The van der Waals surface area contributed by atoms with Gasteiger partial charge in [0.15, 0.2) is 6.61 Å². The molecular weight excluding hydrogens is 304 g/mol. The molecule has 1 N–H and O–H groups in total. The quantitative estimate of drug-likeness (QED) is 0.758. The van der Waals surface area contributed by atoms with Crippen molar-refractivity contribution in [3.63, 3.8) is 0 Å². The molecule has 0 atom stereocenters. The van der Waals surface area contributed by atoms with Crippen LogP contribution in [-0.4, -0.2) is 43.0 Å². The highest BCUT2D eigenvalue weighted by atomic mass is 35.5. The van der Waals surface area contributed by atoms with Gasteiger partial charge >= 0.3 is 0 Å². The second-order valence-electron chi connectivity index (χ2n) is 4.95. The number of nitrogens with one attached hydrogen (secondary N) is 1. The SMILES string of the molecule is CCCCN(CCNC(=O)COc1ccc(Cl)cc1)C(C)=O. The Kier molecular flexibility index (Phi) is 8.36. The maximum absolute atomic E-state index is 11.7. The summed E-state index contributed by atoms with van der Waals surface area (Å²) in [7, 11) is 0. The number of carbonyl (C=O) groups is 2. The van der Waals surface area contributed by atoms with E-state index in [1.165, 1.54) is 0 Å². The standard InChI is InChI=1S/C16H23ClN2O3/c1-3-4-10-19(13(2)20)11-9-18-16(21)12-22-15-7-5-14(17)6-8-15/h5-8H,3-4,9-12H2,1-2H3,(H,18,21). The second kappa shape index (κ2) is 10.1. The van der Waals surface area contributed by atoms with Gasteiger partial charge in [0.1, 0.15) is 5.75 Å². The average Bonchev–Trinajstić information content (AvgIpc) is 2.49. The van der Waals surface area contributed by atoms with E-state index in [0.717, 1.165) is 19.4 Å². The molecule has 0 heterocycles. The van der Waals surface area contributed by atoms with Gasteiger partial charge in [-0.1, -0.05) is 24.9 Å². The first-order valence-electron chi connectivity index (χ1n) is 7.43. The fraction of sp³-hybridized carbons (Fsp3) is 0.500. The number of benzene rings is 1. The van der Waals surface area contributed by atoms with E-state index >= 15 is 0 Å². The first-order valence-corrected chi connectivity index (χ1v) is 7.81. The summed E-state index contributed by atoms with van der Waals surface area (Å²) in [5, 5.41) is 3.36. The highest BCUT2D eigenvalue weighted by Crippen LogP contribution is 2.15. The van der Waals surface area contributed by atoms with Gasteiger partial charge in [0.05, 0.1) is 0 Å². The van der Waals surface area contributed by atoms with Crippen LogP contribution in [0.2, 0.25) is 5.02 Å². The summed E-state index contributed by atoms with van der Waals surface area (Å²) in [6.45, 7) is 5.23. The van der Waals surface area contributed by atoms with E-state index in [0.29, 0.717) is 23.9 Å². The summed E-state index contributed by atoms with van der Waals surface area (Å²) in [6.07, 6.45) is 2.00. The Balaban J connectivity index is 2.24. The molecule has 1 aromatic rings. The number of amides is 2. The Morgan fingerprint density at radius 2 is 1.91 bits per heavy atom. The Morgan fingerprint density at radius 1 is 1.23 bits per heavy atom. The molecule has 6 heteroatoms. The van der Waals surface area contributed by atoms with E-state index in [1.807, 2.05) is 0 Å². The van der Waals surface area contributed by atoms with Crippen molar-refractivity contribution in [2.24, 2.45) is 0 Å². The van der Waals surface area contributed by atoms with E-state index in [1.54, 1.807) is 36.1 Å². The van der Waals surface area contributed by atoms with Crippen molar-refractivity contribution < 1.29 is 14.3 Å². The fourth-order valence-electron chi connectivity index (χ4n) is 1.84. The van der Waals surface area contributed by atoms with Crippen LogP contribution >= 0.6 is 11.6 Å². The minimum absolute atomic E-state index is 0.0279. The topological polar surface area (TPSA) is 58.6 Å². The molecular formula is C16H23ClN2O3. The smallest absolute Gasteiger partial charge is 0.258 e. The minimum Gasteiger partial charge on any atom is -0.484 e. The van der Waals surface area contributed by atoms with Crippen LogP contribution in [0.1, 0.15) is 26.7 Å². The van der Waals surface area contributed by atoms with Crippen molar-refractivity contribution in [1.82, 2.24) is 10.2 Å². The van der Waals surface area contributed by atoms with E-state index in [-0.39, 0.29) is 18.4 Å². The first-order chi connectivity index (χ1) is 10.5. The summed E-state index contributed by atoms with van der Waals surface area (Å²) in [4.78, 5) is 24.9. The molecule has 0 aliphatic rings. The number of unbranched alkanes of at least 4 members (excludes halogenated alkanes) is 1. The molecule has 1 aromatic carbocycles. The van der Waals surface area contributed by atoms with Gasteiger partial charge in [-0.3, -0.25) is 9.59 Å². The Morgan fingerprint density at radius 3 is 2.50 bits per heavy atom. The number of hydrogen-bond acceptors (Lipinski definition) is 3. The van der Waals surface area contributed by atoms with Crippen molar-refractivity contribution in [2.45, 2.75) is 26.7 Å². The zero-order valence-electron chi connectivity index (χ0n) is 13.1. The Hall–Kier alpha value is -1.75. The molecule has 122 valence electrons. The molecule has 22 heavy (non-hydrogen) atoms. The number of rotatable bonds is 9. The van der Waals surface area contributed by atoms with Crippen molar-refractivity contribution in [2.75, 3.05) is 26.2 Å². The zero-order valence-corrected chi connectivity index (χ0v) is 13.9. The molecule has 0 radical (unpaired) electrons. The van der Waals surface area contributed by atoms with Crippen molar-refractivity contribution in [3.05, 3.63) is 29.3 Å². The van der Waals surface area contributed by atoms with Gasteiger partial charge in [0.25, 0.3) is 5.91 Å². The lowest BCUT2D eigenvalue weighted by Crippen LogP contribution is -2.39. The van der Waals surface area contributed by atoms with Gasteiger partial charge in [-0.2, -0.15) is 0 Å². The van der Waals surface area contributed by atoms with Crippen molar-refractivity contribution in [1.29, 1.82) is 0 Å². The van der Waals surface area contributed by atoms with Crippen LogP contribution in [0.25, 0.3) is 0 Å². The van der Waals surface area contributed by atoms with Gasteiger partial charge in [-0.05, 0) is 30.7 Å². The van der Waals surface area contributed by atoms with Crippen molar-refractivity contribution >= 4 is 23.4 Å². The maximum atomic E-state index is 11.7. The Bertz CT molecular complexity index is 477. The third-order valence-electron chi connectivity index (χ3n) is 3.11. The van der Waals surface area contributed by atoms with Crippen LogP contribution in [0.3, 0.4) is 0 Å². The third-order valence-corrected chi connectivity index (χ3v) is 3.37. The van der Waals surface area contributed by atoms with E-state index in [4.69, 9.17) is 16.3 Å². The molecule has 0 aromatic heterocycles. The molecule has 0 fully saturated rings. The summed E-state index contributed by atoms with van der Waals surface area (Å²) in [5.74, 6) is 0.405. The molecule has 0 spiro atoms. The monoisotopic (exact) mass is 326 g/mol. The normalized spacial score (nSPS) is 10.1. The molecule has 0 saturated heterocycles. The molecule has 0 saturated carbocycles. The van der Waals surface area contributed by atoms with Crippen LogP contribution < -0.4 is 10.1 Å². The predicted octanol–water partition coefficient (Wildman–Crippen LogP) is 2.48. The molecule has 0 aliphatic heterocycles. The summed E-state index contributed by atoms with van der Waals surface area (Å²) < 4.78 is 5.34. The number of hydrogen-bond donors (Lipinski definition) is 1. The van der Waals surface area contributed by atoms with Gasteiger partial charge in [0, 0.05) is 31.6 Å². The van der Waals surface area contributed by atoms with Gasteiger partial charge < -0.3 is 15.0 Å². The molecule has 5 nitrogen and oxygen atoms in total. The lowest BCUT2D eigenvalue weighted by Gasteiger charge is -2.20. The van der Waals surface area contributed by atoms with E-state index < -0.39 is 0 Å². The van der Waals surface area contributed by atoms with E-state index in [2.05, 4.69) is 12.2 Å². The highest BCUT2D eigenvalue weighted by Gasteiger charge is 2.08. The predicted molar refractivity (Wildman–Crippen MR) is 87.1 cm³/mol. The second-order valence-corrected chi connectivity index (χ2v) is 5.39. The largest absolute Gasteiger partial charge is 0.484 e. The zero-order chi connectivity index (χ0) is 16.4. The Labute approximate surface area is 136 Å². The average molecular weight is 327 g/mol. The first kappa shape index (κ1) is 18.3. The van der Waals surface area contributed by atoms with Crippen LogP contribution in [0.15, 0.2) is 24.3 Å². The molecule has 0 aliphatic carbocycles. The number of nitrogens with zero attached hydrogens (tertiary/aromatic N) is 1. The van der Waals surface area contributed by atoms with Crippen LogP contribution in [0.4, 0.5) is 0 Å². The summed E-state index contributed by atoms with van der Waals surface area (Å²) in [6, 6.07) is 6.82. The van der Waals surface area contributed by atoms with Gasteiger partial charge in [0.2, 0.25) is 5.91 Å². The third kappa shape index (κ3) is 7.31. The number of ether oxygens (including phenoxy) is 1. The highest BCUT2D eigenvalue weighted by molar-refractivity contribution is 6.30. The van der Waals surface area contributed by atoms with E-state index in [9.17, 15) is 9.59 Å². The lowest BCUT2D eigenvalue weighted by molar-refractivity contribution is -0.129. The molecule has 0 unspecified atom stereocenters. The molecule has 2 amide bonds. The molecule has 1 rings (SSSR count). The maximum Gasteiger partial charge on any atom is 0.258 e. The van der Waals surface area contributed by atoms with Crippen molar-refractivity contribution in [3.8, 4) is 5.75 Å². The van der Waals surface area contributed by atoms with Crippen LogP contribution in [0.5, 0.6) is 5.75 Å². The lowest BCUT2D eigenvalue weighted by atomic mass is 10.3. The van der Waals surface area contributed by atoms with Crippen LogP contribution in [0, 0.1) is 0 Å². The van der Waals surface area contributed by atoms with Gasteiger partial charge in [-0.25, -0.2) is 0 Å². The fourth-order valence-corrected chi connectivity index (χ4v) is 1.96. The number of carbonyl (C=O) groups excluding carboxylic acids is 2. The number of halogens is 1. The van der Waals surface area contributed by atoms with Gasteiger partial charge in [-0.15, -0.1) is 0 Å². The molecule has 0 bridgehead atoms.